The Labute approximate surface area is 206 Å². The van der Waals surface area contributed by atoms with Crippen molar-refractivity contribution in [3.8, 4) is 17.2 Å². The average Bonchev–Trinajstić information content (AvgIpc) is 3.17. The molecule has 0 fully saturated rings. The molecule has 0 radical (unpaired) electrons. The van der Waals surface area contributed by atoms with Gasteiger partial charge in [-0.3, -0.25) is 9.36 Å². The van der Waals surface area contributed by atoms with Crippen molar-refractivity contribution in [2.45, 2.75) is 19.9 Å². The molecule has 2 heterocycles. The third-order valence-corrected chi connectivity index (χ3v) is 6.64. The Morgan fingerprint density at radius 2 is 1.77 bits per heavy atom. The number of thiazole rings is 1. The van der Waals surface area contributed by atoms with Gasteiger partial charge in [0.25, 0.3) is 5.56 Å². The number of carbonyl (C=O) groups excluding carboxylic acids is 1. The number of benzene rings is 2. The highest BCUT2D eigenvalue weighted by atomic mass is 32.1. The van der Waals surface area contributed by atoms with Gasteiger partial charge in [0.1, 0.15) is 5.75 Å². The maximum atomic E-state index is 13.7. The van der Waals surface area contributed by atoms with E-state index in [9.17, 15) is 9.59 Å². The van der Waals surface area contributed by atoms with Crippen molar-refractivity contribution in [2.24, 2.45) is 4.99 Å². The van der Waals surface area contributed by atoms with Crippen LogP contribution in [-0.4, -0.2) is 38.5 Å². The molecule has 0 unspecified atom stereocenters. The van der Waals surface area contributed by atoms with E-state index in [0.29, 0.717) is 37.9 Å². The Hall–Kier alpha value is -3.85. The molecule has 2 aromatic carbocycles. The fourth-order valence-electron chi connectivity index (χ4n) is 3.99. The van der Waals surface area contributed by atoms with Gasteiger partial charge in [-0.1, -0.05) is 29.5 Å². The van der Waals surface area contributed by atoms with E-state index in [0.717, 1.165) is 11.1 Å². The minimum Gasteiger partial charge on any atom is -0.497 e. The summed E-state index contributed by atoms with van der Waals surface area (Å²) in [5.41, 5.74) is 2.13. The summed E-state index contributed by atoms with van der Waals surface area (Å²) in [5.74, 6) is 1.34. The van der Waals surface area contributed by atoms with Gasteiger partial charge in [0.15, 0.2) is 16.3 Å². The minimum atomic E-state index is -0.677. The minimum absolute atomic E-state index is 0.217. The number of methoxy groups -OCH3 is 3. The number of rotatable bonds is 7. The van der Waals surface area contributed by atoms with E-state index in [1.165, 1.54) is 11.3 Å². The summed E-state index contributed by atoms with van der Waals surface area (Å²) in [7, 11) is 4.71. The van der Waals surface area contributed by atoms with Gasteiger partial charge >= 0.3 is 5.97 Å². The van der Waals surface area contributed by atoms with Crippen molar-refractivity contribution in [2.75, 3.05) is 27.9 Å². The van der Waals surface area contributed by atoms with Gasteiger partial charge in [-0.05, 0) is 55.3 Å². The van der Waals surface area contributed by atoms with Crippen molar-refractivity contribution in [3.05, 3.63) is 84.5 Å². The van der Waals surface area contributed by atoms with Gasteiger partial charge in [-0.15, -0.1) is 0 Å². The summed E-state index contributed by atoms with van der Waals surface area (Å²) in [6, 6.07) is 12.0. The van der Waals surface area contributed by atoms with Crippen molar-refractivity contribution < 1.29 is 23.7 Å². The van der Waals surface area contributed by atoms with E-state index >= 15 is 0 Å². The molecule has 0 saturated carbocycles. The molecule has 1 aliphatic heterocycles. The van der Waals surface area contributed by atoms with Crippen LogP contribution in [0, 0.1) is 0 Å². The van der Waals surface area contributed by atoms with Crippen molar-refractivity contribution >= 4 is 23.4 Å². The molecule has 182 valence electrons. The number of ether oxygens (including phenoxy) is 4. The predicted octanol–water partition coefficient (Wildman–Crippen LogP) is 2.82. The molecule has 0 amide bonds. The van der Waals surface area contributed by atoms with Crippen LogP contribution in [0.15, 0.2) is 63.5 Å². The lowest BCUT2D eigenvalue weighted by Crippen LogP contribution is -2.39. The molecule has 4 rings (SSSR count). The highest BCUT2D eigenvalue weighted by Crippen LogP contribution is 2.32. The molecule has 8 nitrogen and oxygen atoms in total. The van der Waals surface area contributed by atoms with Crippen LogP contribution < -0.4 is 29.1 Å². The summed E-state index contributed by atoms with van der Waals surface area (Å²) >= 11 is 1.26. The van der Waals surface area contributed by atoms with Crippen LogP contribution in [0.25, 0.3) is 6.08 Å². The maximum Gasteiger partial charge on any atom is 0.338 e. The zero-order valence-corrected chi connectivity index (χ0v) is 21.0. The largest absolute Gasteiger partial charge is 0.497 e. The van der Waals surface area contributed by atoms with E-state index in [2.05, 4.69) is 4.99 Å². The number of aromatic nitrogens is 1. The Morgan fingerprint density at radius 1 is 1.06 bits per heavy atom. The number of hydrogen-bond donors (Lipinski definition) is 0. The lowest BCUT2D eigenvalue weighted by molar-refractivity contribution is -0.139. The summed E-state index contributed by atoms with van der Waals surface area (Å²) in [4.78, 5) is 31.7. The maximum absolute atomic E-state index is 13.7. The quantitative estimate of drug-likeness (QED) is 0.470. The Morgan fingerprint density at radius 3 is 2.40 bits per heavy atom. The molecule has 3 aromatic rings. The van der Waals surface area contributed by atoms with E-state index in [1.807, 2.05) is 18.2 Å². The monoisotopic (exact) mass is 494 g/mol. The van der Waals surface area contributed by atoms with Crippen LogP contribution in [0.4, 0.5) is 0 Å². The van der Waals surface area contributed by atoms with E-state index in [1.54, 1.807) is 70.1 Å². The van der Waals surface area contributed by atoms with Crippen LogP contribution in [0.5, 0.6) is 17.2 Å². The number of carbonyl (C=O) groups is 1. The van der Waals surface area contributed by atoms with Crippen molar-refractivity contribution in [1.29, 1.82) is 0 Å². The fraction of sp³-hybridized carbons (Fsp3) is 0.269. The predicted molar refractivity (Wildman–Crippen MR) is 133 cm³/mol. The second-order valence-corrected chi connectivity index (χ2v) is 8.70. The van der Waals surface area contributed by atoms with Crippen LogP contribution in [0.2, 0.25) is 0 Å². The van der Waals surface area contributed by atoms with Crippen LogP contribution in [0.1, 0.15) is 31.0 Å². The SMILES string of the molecule is CCOC(=O)C1=C(C)N=c2sc(=Cc3ccc(OC)c(OC)c3)c(=O)n2[C@@H]1c1ccc(OC)cc1. The van der Waals surface area contributed by atoms with Gasteiger partial charge in [-0.2, -0.15) is 0 Å². The summed E-state index contributed by atoms with van der Waals surface area (Å²) in [6.07, 6.45) is 1.78. The second-order valence-electron chi connectivity index (χ2n) is 7.69. The first-order valence-corrected chi connectivity index (χ1v) is 11.8. The standard InChI is InChI=1S/C26H26N2O6S/c1-6-34-25(30)22-15(2)27-26-28(23(22)17-8-10-18(31-3)11-9-17)24(29)21(35-26)14-16-7-12-19(32-4)20(13-16)33-5/h7-14,23H,6H2,1-5H3/t23-/m1/s1. The summed E-state index contributed by atoms with van der Waals surface area (Å²) in [6.45, 7) is 3.72. The average molecular weight is 495 g/mol. The van der Waals surface area contributed by atoms with Crippen LogP contribution in [0.3, 0.4) is 0 Å². The number of nitrogens with zero attached hydrogens (tertiary/aromatic N) is 2. The molecule has 0 saturated heterocycles. The first-order valence-electron chi connectivity index (χ1n) is 11.0. The number of fused-ring (bicyclic) bond motifs is 1. The Balaban J connectivity index is 1.91. The lowest BCUT2D eigenvalue weighted by atomic mass is 9.96. The number of allylic oxidation sites excluding steroid dienone is 1. The van der Waals surface area contributed by atoms with Crippen molar-refractivity contribution in [3.63, 3.8) is 0 Å². The molecule has 0 N–H and O–H groups in total. The molecule has 0 aliphatic carbocycles. The third-order valence-electron chi connectivity index (χ3n) is 5.65. The fourth-order valence-corrected chi connectivity index (χ4v) is 5.03. The number of esters is 1. The zero-order chi connectivity index (χ0) is 25.1. The highest BCUT2D eigenvalue weighted by Gasteiger charge is 2.33. The molecule has 1 aromatic heterocycles. The van der Waals surface area contributed by atoms with E-state index < -0.39 is 12.0 Å². The van der Waals surface area contributed by atoms with Crippen LogP contribution >= 0.6 is 11.3 Å². The molecule has 9 heteroatoms. The highest BCUT2D eigenvalue weighted by molar-refractivity contribution is 7.07. The van der Waals surface area contributed by atoms with Crippen LogP contribution in [-0.2, 0) is 9.53 Å². The van der Waals surface area contributed by atoms with Gasteiger partial charge < -0.3 is 18.9 Å². The molecule has 1 atom stereocenters. The Bertz CT molecular complexity index is 1470. The van der Waals surface area contributed by atoms with E-state index in [4.69, 9.17) is 18.9 Å². The zero-order valence-electron chi connectivity index (χ0n) is 20.2. The topological polar surface area (TPSA) is 88.4 Å². The molecular formula is C26H26N2O6S. The first kappa shape index (κ1) is 24.3. The second kappa shape index (κ2) is 10.2. The Kier molecular flexibility index (Phi) is 7.07. The normalized spacial score (nSPS) is 15.3. The molecular weight excluding hydrogens is 468 g/mol. The van der Waals surface area contributed by atoms with Crippen molar-refractivity contribution in [1.82, 2.24) is 4.57 Å². The summed E-state index contributed by atoms with van der Waals surface area (Å²) in [5, 5.41) is 0. The van der Waals surface area contributed by atoms with Gasteiger partial charge in [0.05, 0.1) is 49.8 Å². The first-order chi connectivity index (χ1) is 16.9. The van der Waals surface area contributed by atoms with E-state index in [-0.39, 0.29) is 12.2 Å². The molecule has 1 aliphatic rings. The molecule has 35 heavy (non-hydrogen) atoms. The lowest BCUT2D eigenvalue weighted by Gasteiger charge is -2.24. The number of hydrogen-bond acceptors (Lipinski definition) is 8. The van der Waals surface area contributed by atoms with Gasteiger partial charge in [-0.25, -0.2) is 9.79 Å². The third kappa shape index (κ3) is 4.59. The molecule has 0 spiro atoms. The molecule has 0 bridgehead atoms. The van der Waals surface area contributed by atoms with Gasteiger partial charge in [0, 0.05) is 0 Å². The van der Waals surface area contributed by atoms with Gasteiger partial charge in [0.2, 0.25) is 0 Å². The smallest absolute Gasteiger partial charge is 0.338 e. The summed E-state index contributed by atoms with van der Waals surface area (Å²) < 4.78 is 23.3.